The van der Waals surface area contributed by atoms with E-state index in [0.29, 0.717) is 25.4 Å². The Bertz CT molecular complexity index is 310. The van der Waals surface area contributed by atoms with Crippen molar-refractivity contribution in [1.29, 1.82) is 0 Å². The van der Waals surface area contributed by atoms with E-state index in [1.807, 2.05) is 6.92 Å². The zero-order chi connectivity index (χ0) is 14.3. The van der Waals surface area contributed by atoms with Crippen LogP contribution in [0.4, 0.5) is 0 Å². The number of carbonyl (C=O) groups excluding carboxylic acids is 2. The van der Waals surface area contributed by atoms with Gasteiger partial charge in [-0.25, -0.2) is 0 Å². The molecule has 5 nitrogen and oxygen atoms in total. The van der Waals surface area contributed by atoms with Crippen molar-refractivity contribution in [3.05, 3.63) is 0 Å². The molecule has 0 saturated carbocycles. The van der Waals surface area contributed by atoms with Crippen LogP contribution < -0.4 is 16.0 Å². The van der Waals surface area contributed by atoms with E-state index in [1.165, 1.54) is 0 Å². The number of rotatable bonds is 6. The van der Waals surface area contributed by atoms with E-state index < -0.39 is 0 Å². The van der Waals surface area contributed by atoms with Gasteiger partial charge in [0.2, 0.25) is 11.8 Å². The van der Waals surface area contributed by atoms with Gasteiger partial charge in [-0.2, -0.15) is 0 Å². The van der Waals surface area contributed by atoms with Gasteiger partial charge in [0.05, 0.1) is 5.41 Å². The number of hydrogen-bond acceptors (Lipinski definition) is 3. The zero-order valence-electron chi connectivity index (χ0n) is 12.3. The van der Waals surface area contributed by atoms with Crippen molar-refractivity contribution < 1.29 is 9.59 Å². The van der Waals surface area contributed by atoms with Gasteiger partial charge < -0.3 is 16.0 Å². The Morgan fingerprint density at radius 3 is 2.63 bits per heavy atom. The van der Waals surface area contributed by atoms with Crippen LogP contribution >= 0.6 is 0 Å². The maximum atomic E-state index is 12.1. The summed E-state index contributed by atoms with van der Waals surface area (Å²) >= 11 is 0. The lowest BCUT2D eigenvalue weighted by molar-refractivity contribution is -0.131. The smallest absolute Gasteiger partial charge is 0.227 e. The molecular weight excluding hydrogens is 242 g/mol. The van der Waals surface area contributed by atoms with E-state index in [-0.39, 0.29) is 17.2 Å². The fraction of sp³-hybridized carbons (Fsp3) is 0.857. The highest BCUT2D eigenvalue weighted by Crippen LogP contribution is 2.25. The third-order valence-corrected chi connectivity index (χ3v) is 3.49. The molecule has 0 aromatic heterocycles. The van der Waals surface area contributed by atoms with Crippen molar-refractivity contribution in [3.63, 3.8) is 0 Å². The molecule has 0 bridgehead atoms. The summed E-state index contributed by atoms with van der Waals surface area (Å²) in [4.78, 5) is 23.6. The Balaban J connectivity index is 2.21. The molecule has 0 aliphatic carbocycles. The second-order valence-electron chi connectivity index (χ2n) is 6.04. The van der Waals surface area contributed by atoms with Crippen LogP contribution in [0.3, 0.4) is 0 Å². The molecule has 0 spiro atoms. The van der Waals surface area contributed by atoms with E-state index >= 15 is 0 Å². The van der Waals surface area contributed by atoms with Gasteiger partial charge in [-0.15, -0.1) is 0 Å². The normalized spacial score (nSPS) is 23.2. The molecule has 1 unspecified atom stereocenters. The van der Waals surface area contributed by atoms with E-state index in [4.69, 9.17) is 0 Å². The van der Waals surface area contributed by atoms with Crippen LogP contribution in [-0.4, -0.2) is 38.0 Å². The molecule has 0 aromatic rings. The SMILES string of the molecule is CC(C)CNC(=O)CCNC(=O)C1(C)CCCNC1. The minimum absolute atomic E-state index is 0.000854. The number of nitrogens with one attached hydrogen (secondary N) is 3. The standard InChI is InChI=1S/C14H27N3O2/c1-11(2)9-17-12(18)5-8-16-13(19)14(3)6-4-7-15-10-14/h11,15H,4-10H2,1-3H3,(H,16,19)(H,17,18). The minimum atomic E-state index is -0.327. The summed E-state index contributed by atoms with van der Waals surface area (Å²) in [5.74, 6) is 0.503. The molecule has 0 radical (unpaired) electrons. The predicted molar refractivity (Wildman–Crippen MR) is 75.7 cm³/mol. The lowest BCUT2D eigenvalue weighted by Gasteiger charge is -2.32. The van der Waals surface area contributed by atoms with Crippen molar-refractivity contribution in [2.45, 2.75) is 40.0 Å². The van der Waals surface area contributed by atoms with E-state index in [1.54, 1.807) is 0 Å². The third kappa shape index (κ3) is 5.59. The van der Waals surface area contributed by atoms with Crippen LogP contribution in [0.25, 0.3) is 0 Å². The average Bonchev–Trinajstić information content (AvgIpc) is 2.37. The number of hydrogen-bond donors (Lipinski definition) is 3. The molecule has 0 aromatic carbocycles. The highest BCUT2D eigenvalue weighted by Gasteiger charge is 2.34. The molecule has 19 heavy (non-hydrogen) atoms. The molecule has 1 rings (SSSR count). The van der Waals surface area contributed by atoms with Gasteiger partial charge in [-0.3, -0.25) is 9.59 Å². The van der Waals surface area contributed by atoms with Crippen molar-refractivity contribution in [2.75, 3.05) is 26.2 Å². The van der Waals surface area contributed by atoms with Crippen molar-refractivity contribution in [2.24, 2.45) is 11.3 Å². The molecule has 1 atom stereocenters. The average molecular weight is 269 g/mol. The van der Waals surface area contributed by atoms with Gasteiger partial charge in [0.15, 0.2) is 0 Å². The molecule has 1 aliphatic heterocycles. The van der Waals surface area contributed by atoms with Gasteiger partial charge in [-0.1, -0.05) is 13.8 Å². The first kappa shape index (κ1) is 16.0. The highest BCUT2D eigenvalue weighted by molar-refractivity contribution is 5.83. The van der Waals surface area contributed by atoms with Crippen LogP contribution in [0.1, 0.15) is 40.0 Å². The number of carbonyl (C=O) groups is 2. The minimum Gasteiger partial charge on any atom is -0.356 e. The van der Waals surface area contributed by atoms with Crippen LogP contribution in [-0.2, 0) is 9.59 Å². The third-order valence-electron chi connectivity index (χ3n) is 3.49. The number of piperidine rings is 1. The van der Waals surface area contributed by atoms with Crippen LogP contribution in [0.2, 0.25) is 0 Å². The Morgan fingerprint density at radius 1 is 1.32 bits per heavy atom. The van der Waals surface area contributed by atoms with Gasteiger partial charge in [-0.05, 0) is 32.2 Å². The molecule has 5 heteroatoms. The summed E-state index contributed by atoms with van der Waals surface area (Å²) in [5, 5.41) is 8.96. The molecule has 2 amide bonds. The maximum Gasteiger partial charge on any atom is 0.227 e. The second-order valence-corrected chi connectivity index (χ2v) is 6.04. The summed E-state index contributed by atoms with van der Waals surface area (Å²) in [6, 6.07) is 0. The summed E-state index contributed by atoms with van der Waals surface area (Å²) in [7, 11) is 0. The molecule has 110 valence electrons. The monoisotopic (exact) mass is 269 g/mol. The van der Waals surface area contributed by atoms with Gasteiger partial charge in [0, 0.05) is 26.1 Å². The van der Waals surface area contributed by atoms with E-state index in [2.05, 4.69) is 29.8 Å². The molecule has 1 heterocycles. The van der Waals surface area contributed by atoms with Crippen molar-refractivity contribution >= 4 is 11.8 Å². The zero-order valence-corrected chi connectivity index (χ0v) is 12.3. The number of amides is 2. The second kappa shape index (κ2) is 7.48. The van der Waals surface area contributed by atoms with Crippen molar-refractivity contribution in [3.8, 4) is 0 Å². The fourth-order valence-electron chi connectivity index (χ4n) is 2.16. The Morgan fingerprint density at radius 2 is 2.05 bits per heavy atom. The molecule has 1 fully saturated rings. The summed E-state index contributed by atoms with van der Waals surface area (Å²) in [6.07, 6.45) is 2.28. The van der Waals surface area contributed by atoms with Gasteiger partial charge >= 0.3 is 0 Å². The van der Waals surface area contributed by atoms with E-state index in [0.717, 1.165) is 25.9 Å². The summed E-state index contributed by atoms with van der Waals surface area (Å²) in [6.45, 7) is 8.90. The molecule has 3 N–H and O–H groups in total. The van der Waals surface area contributed by atoms with Gasteiger partial charge in [0.25, 0.3) is 0 Å². The topological polar surface area (TPSA) is 70.2 Å². The van der Waals surface area contributed by atoms with Crippen LogP contribution in [0.15, 0.2) is 0 Å². The Kier molecular flexibility index (Phi) is 6.28. The lowest BCUT2D eigenvalue weighted by Crippen LogP contribution is -2.49. The highest BCUT2D eigenvalue weighted by atomic mass is 16.2. The van der Waals surface area contributed by atoms with Crippen LogP contribution in [0.5, 0.6) is 0 Å². The summed E-state index contributed by atoms with van der Waals surface area (Å²) in [5.41, 5.74) is -0.327. The van der Waals surface area contributed by atoms with Crippen LogP contribution in [0, 0.1) is 11.3 Å². The first-order chi connectivity index (χ1) is 8.94. The predicted octanol–water partition coefficient (Wildman–Crippen LogP) is 0.655. The van der Waals surface area contributed by atoms with E-state index in [9.17, 15) is 9.59 Å². The largest absolute Gasteiger partial charge is 0.356 e. The Labute approximate surface area is 115 Å². The molecule has 1 aliphatic rings. The maximum absolute atomic E-state index is 12.1. The Hall–Kier alpha value is -1.10. The fourth-order valence-corrected chi connectivity index (χ4v) is 2.16. The quantitative estimate of drug-likeness (QED) is 0.663. The first-order valence-corrected chi connectivity index (χ1v) is 7.20. The lowest BCUT2D eigenvalue weighted by atomic mass is 9.82. The summed E-state index contributed by atoms with van der Waals surface area (Å²) < 4.78 is 0. The molecule has 1 saturated heterocycles. The van der Waals surface area contributed by atoms with Gasteiger partial charge in [0.1, 0.15) is 0 Å². The first-order valence-electron chi connectivity index (χ1n) is 7.20. The van der Waals surface area contributed by atoms with Crippen molar-refractivity contribution in [1.82, 2.24) is 16.0 Å². The molecular formula is C14H27N3O2.